The fraction of sp³-hybridized carbons (Fsp3) is 0.367. The van der Waals surface area contributed by atoms with Crippen LogP contribution in [-0.4, -0.2) is 79.4 Å². The molecule has 2 fully saturated rings. The molecule has 1 aliphatic carbocycles. The largest absolute Gasteiger partial charge is 0.361 e. The Morgan fingerprint density at radius 3 is 1.76 bits per heavy atom. The van der Waals surface area contributed by atoms with Crippen molar-refractivity contribution < 1.29 is 31.9 Å². The van der Waals surface area contributed by atoms with Crippen LogP contribution in [0.5, 0.6) is 0 Å². The monoisotopic (exact) mass is 851 g/mol. The summed E-state index contributed by atoms with van der Waals surface area (Å²) in [4.78, 5) is 44.3. The summed E-state index contributed by atoms with van der Waals surface area (Å²) in [5.41, 5.74) is 8.99. The van der Waals surface area contributed by atoms with E-state index in [4.69, 9.17) is 5.73 Å². The maximum Gasteiger partial charge on any atom is 0.317 e. The van der Waals surface area contributed by atoms with Gasteiger partial charge in [-0.2, -0.15) is 0 Å². The molecule has 5 aliphatic rings. The minimum atomic E-state index is -0.410. The Morgan fingerprint density at radius 1 is 0.758 bits per heavy atom. The highest BCUT2D eigenvalue weighted by Crippen LogP contribution is 2.44. The maximum atomic E-state index is 13.8. The van der Waals surface area contributed by atoms with Gasteiger partial charge in [-0.15, -0.1) is 4.39 Å². The molecular formula is C49H55F4N6O3+. The number of halogens is 4. The van der Waals surface area contributed by atoms with Gasteiger partial charge in [0, 0.05) is 74.1 Å². The lowest BCUT2D eigenvalue weighted by Gasteiger charge is -2.52. The summed E-state index contributed by atoms with van der Waals surface area (Å²) >= 11 is 0. The third-order valence-corrected chi connectivity index (χ3v) is 12.2. The average Bonchev–Trinajstić information content (AvgIpc) is 3.27. The van der Waals surface area contributed by atoms with Gasteiger partial charge in [0.05, 0.1) is 29.8 Å². The molecule has 0 bridgehead atoms. The first kappa shape index (κ1) is 45.6. The lowest BCUT2D eigenvalue weighted by atomic mass is 9.76. The first-order valence-corrected chi connectivity index (χ1v) is 21.2. The van der Waals surface area contributed by atoms with Gasteiger partial charge in [0.15, 0.2) is 11.6 Å². The number of carbonyl (C=O) groups excluding carboxylic acids is 3. The smallest absolute Gasteiger partial charge is 0.317 e. The number of piperidine rings is 2. The lowest BCUT2D eigenvalue weighted by molar-refractivity contribution is 0.0884. The molecule has 0 unspecified atom stereocenters. The van der Waals surface area contributed by atoms with Crippen LogP contribution in [0.15, 0.2) is 115 Å². The van der Waals surface area contributed by atoms with Crippen LogP contribution in [0.4, 0.5) is 33.7 Å². The Morgan fingerprint density at radius 2 is 1.27 bits per heavy atom. The van der Waals surface area contributed by atoms with Gasteiger partial charge in [-0.05, 0) is 107 Å². The van der Waals surface area contributed by atoms with Crippen molar-refractivity contribution in [1.29, 1.82) is 0 Å². The highest BCUT2D eigenvalue weighted by Gasteiger charge is 2.47. The Hall–Kier alpha value is -5.88. The van der Waals surface area contributed by atoms with E-state index in [-0.39, 0.29) is 40.6 Å². The van der Waals surface area contributed by atoms with Gasteiger partial charge in [-0.25, -0.2) is 18.0 Å². The number of hydrogen-bond acceptors (Lipinski definition) is 7. The van der Waals surface area contributed by atoms with E-state index in [1.807, 2.05) is 32.1 Å². The minimum Gasteiger partial charge on any atom is -0.361 e. The molecule has 2 saturated heterocycles. The minimum absolute atomic E-state index is 0.0505. The van der Waals surface area contributed by atoms with Crippen molar-refractivity contribution >= 4 is 29.0 Å². The molecule has 4 heterocycles. The summed E-state index contributed by atoms with van der Waals surface area (Å²) in [6.07, 6.45) is 19.1. The maximum absolute atomic E-state index is 13.8. The molecule has 0 atom stereocenters. The second kappa shape index (κ2) is 20.8. The zero-order valence-electron chi connectivity index (χ0n) is 35.4. The van der Waals surface area contributed by atoms with E-state index in [0.29, 0.717) is 69.5 Å². The van der Waals surface area contributed by atoms with Gasteiger partial charge >= 0.3 is 6.03 Å². The molecule has 4 N–H and O–H groups in total. The molecule has 4 aliphatic heterocycles. The highest BCUT2D eigenvalue weighted by molar-refractivity contribution is 6.05. The highest BCUT2D eigenvalue weighted by atomic mass is 19.1. The van der Waals surface area contributed by atoms with E-state index in [9.17, 15) is 31.9 Å². The molecular weight excluding hydrogens is 797 g/mol. The number of nitrogens with zero attached hydrogens (tertiary/aromatic N) is 3. The molecule has 3 aromatic carbocycles. The molecule has 62 heavy (non-hydrogen) atoms. The van der Waals surface area contributed by atoms with Crippen LogP contribution in [0.25, 0.3) is 0 Å². The predicted molar refractivity (Wildman–Crippen MR) is 236 cm³/mol. The number of nitrogens with one attached hydrogen (secondary N) is 2. The summed E-state index contributed by atoms with van der Waals surface area (Å²) in [7, 11) is 0. The first-order valence-electron chi connectivity index (χ1n) is 21.2. The second-order valence-electron chi connectivity index (χ2n) is 16.1. The Kier molecular flexibility index (Phi) is 15.3. The summed E-state index contributed by atoms with van der Waals surface area (Å²) in [5, 5.41) is 6.25. The fourth-order valence-corrected chi connectivity index (χ4v) is 8.80. The van der Waals surface area contributed by atoms with Gasteiger partial charge in [-0.3, -0.25) is 9.59 Å². The fourth-order valence-electron chi connectivity index (χ4n) is 8.80. The summed E-state index contributed by atoms with van der Waals surface area (Å²) < 4.78 is 52.5. The number of fused-ring (bicyclic) bond motifs is 2. The molecule has 3 aromatic rings. The number of urea groups is 1. The number of nitrogens with two attached hydrogens (primary N) is 1. The first-order chi connectivity index (χ1) is 29.9. The third kappa shape index (κ3) is 10.8. The second-order valence-corrected chi connectivity index (χ2v) is 16.1. The number of Topliss-reactive ketones (excluding diaryl/α,β-unsaturated/α-hetero) is 2. The van der Waals surface area contributed by atoms with Crippen LogP contribution in [0, 0.1) is 23.5 Å². The van der Waals surface area contributed by atoms with Crippen LogP contribution in [0.2, 0.25) is 0 Å². The van der Waals surface area contributed by atoms with E-state index >= 15 is 0 Å². The van der Waals surface area contributed by atoms with E-state index in [2.05, 4.69) is 32.6 Å². The van der Waals surface area contributed by atoms with Crippen LogP contribution in [0.3, 0.4) is 0 Å². The van der Waals surface area contributed by atoms with Crippen molar-refractivity contribution in [1.82, 2.24) is 15.5 Å². The standard InChI is InChI=1S/C25H27F2N3O2.C17H21FN2O.C7H7FN/c1-2-3-12-30-22-9-8-20(27)15-21(22)23(31)16-25(30)10-13-29(14-11-25)24(32)28-17-18-4-6-19(26)7-5-18;1-2-3-10-20-15-5-4-13(18)11-14(15)16(21)12-17(20)6-8-19-9-7-17;8-7-3-1-6(5-9)2-4-7/h2-9,15H,10-14,16-17H2,1H3,(H,28,32);2-5,11,19H,6-10,12H2,1H3;1,3-4H,5,9H2/q;;+1/b2*3-2+;. The Balaban J connectivity index is 0.000000182. The van der Waals surface area contributed by atoms with Crippen LogP contribution in [-0.2, 0) is 6.54 Å². The quantitative estimate of drug-likeness (QED) is 0.124. The van der Waals surface area contributed by atoms with Gasteiger partial charge in [0.25, 0.3) is 0 Å². The van der Waals surface area contributed by atoms with Gasteiger partial charge in [0.1, 0.15) is 29.1 Å². The van der Waals surface area contributed by atoms with Gasteiger partial charge in [0.2, 0.25) is 5.83 Å². The molecule has 326 valence electrons. The molecule has 8 rings (SSSR count). The molecule has 0 saturated carbocycles. The molecule has 0 aromatic heterocycles. The predicted octanol–water partition coefficient (Wildman–Crippen LogP) is 8.69. The summed E-state index contributed by atoms with van der Waals surface area (Å²) in [6.45, 7) is 8.97. The molecule has 13 heteroatoms. The number of hydrogen-bond donors (Lipinski definition) is 3. The Labute approximate surface area is 361 Å². The number of allylic oxidation sites excluding steroid dienone is 6. The molecule has 2 amide bonds. The summed E-state index contributed by atoms with van der Waals surface area (Å²) in [6, 6.07) is 14.9. The number of carbonyl (C=O) groups is 3. The number of benzene rings is 3. The number of amides is 2. The molecule has 9 nitrogen and oxygen atoms in total. The number of ketones is 2. The number of rotatable bonds is 7. The van der Waals surface area contributed by atoms with Crippen LogP contribution < -0.4 is 26.2 Å². The van der Waals surface area contributed by atoms with E-state index in [1.54, 1.807) is 35.2 Å². The van der Waals surface area contributed by atoms with E-state index < -0.39 is 11.4 Å². The van der Waals surface area contributed by atoms with Crippen molar-refractivity contribution in [3.63, 3.8) is 0 Å². The topological polar surface area (TPSA) is 111 Å². The average molecular weight is 852 g/mol. The third-order valence-electron chi connectivity index (χ3n) is 12.2. The van der Waals surface area contributed by atoms with E-state index in [1.165, 1.54) is 48.6 Å². The zero-order chi connectivity index (χ0) is 44.3. The van der Waals surface area contributed by atoms with Crippen molar-refractivity contribution in [2.75, 3.05) is 55.6 Å². The van der Waals surface area contributed by atoms with E-state index in [0.717, 1.165) is 55.0 Å². The van der Waals surface area contributed by atoms with Crippen LogP contribution in [0.1, 0.15) is 78.7 Å². The van der Waals surface area contributed by atoms with Crippen LogP contribution >= 0.6 is 0 Å². The van der Waals surface area contributed by atoms with Gasteiger partial charge in [-0.1, -0.05) is 36.4 Å². The number of anilines is 2. The zero-order valence-corrected chi connectivity index (χ0v) is 35.4. The van der Waals surface area contributed by atoms with Crippen molar-refractivity contribution in [2.45, 2.75) is 70.0 Å². The normalized spacial score (nSPS) is 18.6. The molecule has 2 spiro atoms. The number of likely N-dealkylation sites (tertiary alicyclic amines) is 1. The Bertz CT molecular complexity index is 2240. The van der Waals surface area contributed by atoms with Gasteiger partial charge < -0.3 is 31.1 Å². The van der Waals surface area contributed by atoms with Crippen molar-refractivity contribution in [3.05, 3.63) is 155 Å². The summed E-state index contributed by atoms with van der Waals surface area (Å²) in [5.74, 6) is -1.31. The molecule has 0 radical (unpaired) electrons. The lowest BCUT2D eigenvalue weighted by Crippen LogP contribution is -2.60. The SMILES string of the molecule is C/C=C/CN1c2ccc(F)cc2C(=O)CC12CCN(C(=O)NCc1ccc(F)cc1)CC2.C/C=C/CN1c2ccc(F)cc2C(=O)CC12CCNCC2.NCC1=[C+]C=C(F)C=C1. The van der Waals surface area contributed by atoms with Crippen molar-refractivity contribution in [2.24, 2.45) is 5.73 Å². The van der Waals surface area contributed by atoms with Crippen molar-refractivity contribution in [3.8, 4) is 0 Å².